The van der Waals surface area contributed by atoms with Crippen LogP contribution in [-0.2, 0) is 11.2 Å². The van der Waals surface area contributed by atoms with Crippen molar-refractivity contribution in [1.82, 2.24) is 9.97 Å². The van der Waals surface area contributed by atoms with Gasteiger partial charge in [-0.05, 0) is 36.6 Å². The average molecular weight is 362 g/mol. The minimum Gasteiger partial charge on any atom is -0.462 e. The van der Waals surface area contributed by atoms with Gasteiger partial charge < -0.3 is 10.1 Å². The molecule has 0 aliphatic rings. The Balaban J connectivity index is 2.12. The minimum atomic E-state index is -0.388. The van der Waals surface area contributed by atoms with Gasteiger partial charge in [-0.25, -0.2) is 9.78 Å². The Labute approximate surface area is 148 Å². The van der Waals surface area contributed by atoms with Crippen molar-refractivity contribution in [2.24, 2.45) is 0 Å². The van der Waals surface area contributed by atoms with Gasteiger partial charge >= 0.3 is 5.97 Å². The summed E-state index contributed by atoms with van der Waals surface area (Å²) in [5.74, 6) is 0.122. The predicted molar refractivity (Wildman–Crippen MR) is 97.5 cm³/mol. The first kappa shape index (κ1) is 16.7. The van der Waals surface area contributed by atoms with E-state index in [1.54, 1.807) is 12.3 Å². The van der Waals surface area contributed by atoms with Crippen molar-refractivity contribution in [2.45, 2.75) is 20.3 Å². The number of aromatic nitrogens is 2. The standard InChI is InChI=1S/C17H16ClN3O2S/c1-3-10-7-5-6-8-12(10)19-14-13-11(16(22)23-4-2)9-24-15(13)21-17(18)20-14/h5-9H,3-4H2,1-2H3,(H,19,20,21). The van der Waals surface area contributed by atoms with Crippen molar-refractivity contribution < 1.29 is 9.53 Å². The molecule has 0 saturated carbocycles. The molecule has 2 aromatic heterocycles. The Bertz CT molecular complexity index is 895. The lowest BCUT2D eigenvalue weighted by Crippen LogP contribution is -2.06. The SMILES string of the molecule is CCOC(=O)c1csc2nc(Cl)nc(Nc3ccccc3CC)c12. The van der Waals surface area contributed by atoms with E-state index in [-0.39, 0.29) is 11.3 Å². The summed E-state index contributed by atoms with van der Waals surface area (Å²) < 4.78 is 5.13. The van der Waals surface area contributed by atoms with Gasteiger partial charge in [0.1, 0.15) is 10.6 Å². The van der Waals surface area contributed by atoms with Crippen molar-refractivity contribution in [3.05, 3.63) is 46.1 Å². The number of esters is 1. The molecule has 0 aliphatic carbocycles. The van der Waals surface area contributed by atoms with E-state index >= 15 is 0 Å². The zero-order chi connectivity index (χ0) is 17.1. The smallest absolute Gasteiger partial charge is 0.339 e. The van der Waals surface area contributed by atoms with Gasteiger partial charge in [0.05, 0.1) is 17.6 Å². The molecule has 1 aromatic carbocycles. The van der Waals surface area contributed by atoms with Crippen LogP contribution < -0.4 is 5.32 Å². The Morgan fingerprint density at radius 3 is 2.83 bits per heavy atom. The molecular weight excluding hydrogens is 346 g/mol. The van der Waals surface area contributed by atoms with Gasteiger partial charge in [-0.15, -0.1) is 11.3 Å². The molecule has 0 atom stereocenters. The number of aryl methyl sites for hydroxylation is 1. The number of nitrogens with one attached hydrogen (secondary N) is 1. The molecule has 0 spiro atoms. The molecule has 124 valence electrons. The Hall–Kier alpha value is -2.18. The Morgan fingerprint density at radius 2 is 2.08 bits per heavy atom. The molecule has 2 heterocycles. The summed E-state index contributed by atoms with van der Waals surface area (Å²) in [5, 5.41) is 5.79. The molecule has 0 amide bonds. The van der Waals surface area contributed by atoms with E-state index < -0.39 is 0 Å². The number of hydrogen-bond donors (Lipinski definition) is 1. The van der Waals surface area contributed by atoms with E-state index in [0.717, 1.165) is 17.7 Å². The van der Waals surface area contributed by atoms with Crippen LogP contribution in [0.15, 0.2) is 29.6 Å². The summed E-state index contributed by atoms with van der Waals surface area (Å²) in [4.78, 5) is 21.3. The van der Waals surface area contributed by atoms with Crippen LogP contribution in [0.2, 0.25) is 5.28 Å². The number of thiophene rings is 1. The molecule has 0 unspecified atom stereocenters. The quantitative estimate of drug-likeness (QED) is 0.521. The molecular formula is C17H16ClN3O2S. The second kappa shape index (κ2) is 7.15. The maximum Gasteiger partial charge on any atom is 0.339 e. The molecule has 0 radical (unpaired) electrons. The topological polar surface area (TPSA) is 64.1 Å². The van der Waals surface area contributed by atoms with Crippen LogP contribution >= 0.6 is 22.9 Å². The first-order valence-corrected chi connectivity index (χ1v) is 8.86. The van der Waals surface area contributed by atoms with Crippen LogP contribution in [0, 0.1) is 0 Å². The largest absolute Gasteiger partial charge is 0.462 e. The summed E-state index contributed by atoms with van der Waals surface area (Å²) in [7, 11) is 0. The second-order valence-corrected chi connectivity index (χ2v) is 6.22. The lowest BCUT2D eigenvalue weighted by molar-refractivity contribution is 0.0529. The molecule has 5 nitrogen and oxygen atoms in total. The molecule has 7 heteroatoms. The number of benzene rings is 1. The van der Waals surface area contributed by atoms with Gasteiger partial charge in [0, 0.05) is 11.1 Å². The summed E-state index contributed by atoms with van der Waals surface area (Å²) in [6, 6.07) is 7.95. The molecule has 3 aromatic rings. The van der Waals surface area contributed by atoms with Crippen molar-refractivity contribution in [3.63, 3.8) is 0 Å². The van der Waals surface area contributed by atoms with E-state index in [4.69, 9.17) is 16.3 Å². The highest BCUT2D eigenvalue weighted by molar-refractivity contribution is 7.17. The number of para-hydroxylation sites is 1. The number of nitrogens with zero attached hydrogens (tertiary/aromatic N) is 2. The summed E-state index contributed by atoms with van der Waals surface area (Å²) in [5.41, 5.74) is 2.52. The predicted octanol–water partition coefficient (Wildman–Crippen LogP) is 4.83. The van der Waals surface area contributed by atoms with Gasteiger partial charge in [-0.2, -0.15) is 4.98 Å². The summed E-state index contributed by atoms with van der Waals surface area (Å²) in [6.07, 6.45) is 0.875. The van der Waals surface area contributed by atoms with E-state index in [0.29, 0.717) is 28.2 Å². The highest BCUT2D eigenvalue weighted by Crippen LogP contribution is 2.33. The van der Waals surface area contributed by atoms with Gasteiger partial charge in [-0.3, -0.25) is 0 Å². The van der Waals surface area contributed by atoms with E-state index in [1.807, 2.05) is 24.3 Å². The third-order valence-corrected chi connectivity index (χ3v) is 4.59. The minimum absolute atomic E-state index is 0.135. The highest BCUT2D eigenvalue weighted by atomic mass is 35.5. The third-order valence-electron chi connectivity index (χ3n) is 3.55. The van der Waals surface area contributed by atoms with Crippen molar-refractivity contribution in [1.29, 1.82) is 0 Å². The van der Waals surface area contributed by atoms with Crippen LogP contribution in [0.5, 0.6) is 0 Å². The van der Waals surface area contributed by atoms with Crippen molar-refractivity contribution in [3.8, 4) is 0 Å². The Morgan fingerprint density at radius 1 is 1.29 bits per heavy atom. The molecule has 0 aliphatic heterocycles. The van der Waals surface area contributed by atoms with E-state index in [9.17, 15) is 4.79 Å². The number of fused-ring (bicyclic) bond motifs is 1. The average Bonchev–Trinajstić information content (AvgIpc) is 2.99. The maximum absolute atomic E-state index is 12.2. The number of anilines is 2. The molecule has 0 saturated heterocycles. The molecule has 24 heavy (non-hydrogen) atoms. The van der Waals surface area contributed by atoms with Gasteiger partial charge in [0.2, 0.25) is 5.28 Å². The number of rotatable bonds is 5. The van der Waals surface area contributed by atoms with Crippen LogP contribution in [0.4, 0.5) is 11.5 Å². The normalized spacial score (nSPS) is 10.8. The van der Waals surface area contributed by atoms with Crippen LogP contribution in [-0.4, -0.2) is 22.5 Å². The Kier molecular flexibility index (Phi) is 4.97. The maximum atomic E-state index is 12.2. The second-order valence-electron chi connectivity index (χ2n) is 5.03. The fourth-order valence-corrected chi connectivity index (χ4v) is 3.57. The highest BCUT2D eigenvalue weighted by Gasteiger charge is 2.20. The zero-order valence-corrected chi connectivity index (χ0v) is 14.9. The van der Waals surface area contributed by atoms with Crippen LogP contribution in [0.25, 0.3) is 10.2 Å². The molecule has 0 bridgehead atoms. The lowest BCUT2D eigenvalue weighted by Gasteiger charge is -2.12. The zero-order valence-electron chi connectivity index (χ0n) is 13.3. The number of carbonyl (C=O) groups is 1. The number of halogens is 1. The summed E-state index contributed by atoms with van der Waals surface area (Å²) >= 11 is 7.38. The van der Waals surface area contributed by atoms with Crippen LogP contribution in [0.3, 0.4) is 0 Å². The van der Waals surface area contributed by atoms with E-state index in [2.05, 4.69) is 22.2 Å². The number of carbonyl (C=O) groups excluding carboxylic acids is 1. The number of hydrogen-bond acceptors (Lipinski definition) is 6. The monoisotopic (exact) mass is 361 g/mol. The van der Waals surface area contributed by atoms with E-state index in [1.165, 1.54) is 11.3 Å². The third kappa shape index (κ3) is 3.20. The first-order chi connectivity index (χ1) is 11.6. The van der Waals surface area contributed by atoms with Crippen molar-refractivity contribution in [2.75, 3.05) is 11.9 Å². The van der Waals surface area contributed by atoms with Crippen molar-refractivity contribution >= 4 is 50.6 Å². The van der Waals surface area contributed by atoms with Crippen LogP contribution in [0.1, 0.15) is 29.8 Å². The van der Waals surface area contributed by atoms with Gasteiger partial charge in [0.25, 0.3) is 0 Å². The first-order valence-electron chi connectivity index (χ1n) is 7.60. The van der Waals surface area contributed by atoms with Gasteiger partial charge in [0.15, 0.2) is 0 Å². The molecule has 3 rings (SSSR count). The summed E-state index contributed by atoms with van der Waals surface area (Å²) in [6.45, 7) is 4.17. The fraction of sp³-hybridized carbons (Fsp3) is 0.235. The fourth-order valence-electron chi connectivity index (χ4n) is 2.44. The lowest BCUT2D eigenvalue weighted by atomic mass is 10.1. The molecule has 0 fully saturated rings. The number of ether oxygens (including phenoxy) is 1. The van der Waals surface area contributed by atoms with Gasteiger partial charge in [-0.1, -0.05) is 25.1 Å². The molecule has 1 N–H and O–H groups in total.